The van der Waals surface area contributed by atoms with E-state index < -0.39 is 0 Å². The van der Waals surface area contributed by atoms with Crippen molar-refractivity contribution >= 4 is 6.79 Å². The minimum atomic E-state index is 0. The number of hydrogen-bond donors (Lipinski definition) is 1. The smallest absolute Gasteiger partial charge is 0.119 e. The van der Waals surface area contributed by atoms with E-state index in [-0.39, 0.29) is 33.1 Å². The molecule has 0 heterocycles. The molecule has 5 heteroatoms. The van der Waals surface area contributed by atoms with Gasteiger partial charge in [-0.05, 0) is 116 Å². The molecule has 5 nitrogen and oxygen atoms in total. The fraction of sp³-hybridized carbons (Fsp3) is 0.545. The number of carbonyl (C=O) groups excluding carboxylic acids is 1. The third kappa shape index (κ3) is 11.5. The third-order valence-electron chi connectivity index (χ3n) is 14.3. The second-order valence-corrected chi connectivity index (χ2v) is 17.8. The van der Waals surface area contributed by atoms with Gasteiger partial charge in [0.05, 0.1) is 31.9 Å². The van der Waals surface area contributed by atoms with Gasteiger partial charge in [0.15, 0.2) is 0 Å². The van der Waals surface area contributed by atoms with Gasteiger partial charge in [-0.1, -0.05) is 117 Å². The highest BCUT2D eigenvalue weighted by molar-refractivity contribution is 5.46. The van der Waals surface area contributed by atoms with Crippen molar-refractivity contribution < 1.29 is 14.3 Å². The Kier molecular flexibility index (Phi) is 20.0. The van der Waals surface area contributed by atoms with Crippen molar-refractivity contribution in [3.63, 3.8) is 0 Å². The van der Waals surface area contributed by atoms with Crippen LogP contribution in [0.25, 0.3) is 0 Å². The maximum atomic E-state index is 8.00. The lowest BCUT2D eigenvalue weighted by atomic mass is 9.59. The molecule has 2 fully saturated rings. The minimum Gasteiger partial charge on any atom is -0.497 e. The first-order valence-electron chi connectivity index (χ1n) is 21.9. The molecule has 328 valence electrons. The van der Waals surface area contributed by atoms with E-state index in [0.717, 1.165) is 49.3 Å². The van der Waals surface area contributed by atoms with E-state index in [1.807, 2.05) is 18.9 Å². The van der Waals surface area contributed by atoms with Crippen molar-refractivity contribution in [2.24, 2.45) is 11.8 Å². The number of nitrogens with one attached hydrogen (secondary N) is 1. The van der Waals surface area contributed by atoms with Crippen LogP contribution in [-0.4, -0.2) is 58.1 Å². The predicted octanol–water partition coefficient (Wildman–Crippen LogP) is 12.6. The van der Waals surface area contributed by atoms with Gasteiger partial charge in [-0.15, -0.1) is 0 Å². The van der Waals surface area contributed by atoms with Crippen LogP contribution in [0.2, 0.25) is 0 Å². The Morgan fingerprint density at radius 3 is 1.93 bits per heavy atom. The average molecular weight is 818 g/mol. The summed E-state index contributed by atoms with van der Waals surface area (Å²) in [5, 5.41) is 4.01. The number of fused-ring (bicyclic) bond motifs is 8. The van der Waals surface area contributed by atoms with E-state index in [2.05, 4.69) is 116 Å². The Bertz CT molecular complexity index is 1830. The monoisotopic (exact) mass is 818 g/mol. The number of benzene rings is 3. The van der Waals surface area contributed by atoms with Gasteiger partial charge in [-0.3, -0.25) is 0 Å². The number of carbonyl (C=O) groups is 1. The van der Waals surface area contributed by atoms with Crippen molar-refractivity contribution in [3.05, 3.63) is 131 Å². The fourth-order valence-electron chi connectivity index (χ4n) is 11.5. The summed E-state index contributed by atoms with van der Waals surface area (Å²) in [5.74, 6) is 3.49. The van der Waals surface area contributed by atoms with Gasteiger partial charge >= 0.3 is 0 Å². The highest BCUT2D eigenvalue weighted by atomic mass is 16.5. The summed E-state index contributed by atoms with van der Waals surface area (Å²) in [6, 6.07) is 25.7. The Balaban J connectivity index is 0.000000294. The predicted molar refractivity (Wildman–Crippen MR) is 257 cm³/mol. The zero-order chi connectivity index (χ0) is 40.3. The van der Waals surface area contributed by atoms with Gasteiger partial charge in [0.1, 0.15) is 30.4 Å². The Morgan fingerprint density at radius 1 is 0.750 bits per heavy atom. The zero-order valence-electron chi connectivity index (χ0n) is 35.7. The lowest BCUT2D eigenvalue weighted by molar-refractivity contribution is -0.0980. The minimum absolute atomic E-state index is 0. The van der Waals surface area contributed by atoms with Crippen LogP contribution < -0.4 is 14.8 Å². The molecular weight excluding hydrogens is 737 g/mol. The second-order valence-electron chi connectivity index (χ2n) is 17.8. The van der Waals surface area contributed by atoms with Crippen LogP contribution in [0.4, 0.5) is 0 Å². The number of nitrogens with zero attached hydrogens (tertiary/aromatic N) is 1. The molecular formula is C55H81N2O3+. The van der Waals surface area contributed by atoms with Crippen LogP contribution in [0.1, 0.15) is 135 Å². The molecule has 0 aromatic heterocycles. The molecule has 3 aromatic carbocycles. The first kappa shape index (κ1) is 50.3. The molecule has 5 aliphatic rings. The fourth-order valence-corrected chi connectivity index (χ4v) is 11.5. The first-order chi connectivity index (χ1) is 27.8. The summed E-state index contributed by atoms with van der Waals surface area (Å²) in [7, 11) is 5.93. The largest absolute Gasteiger partial charge is 0.497 e. The van der Waals surface area contributed by atoms with Gasteiger partial charge < -0.3 is 24.5 Å². The van der Waals surface area contributed by atoms with Crippen LogP contribution in [-0.2, 0) is 34.9 Å². The summed E-state index contributed by atoms with van der Waals surface area (Å²) in [6.07, 6.45) is 29.6. The van der Waals surface area contributed by atoms with Crippen LogP contribution >= 0.6 is 0 Å². The van der Waals surface area contributed by atoms with E-state index in [1.165, 1.54) is 93.7 Å². The number of likely N-dealkylation sites (N-methyl/N-ethyl adjacent to an activating group) is 1. The second kappa shape index (κ2) is 23.8. The Morgan fingerprint density at radius 2 is 1.33 bits per heavy atom. The molecule has 0 radical (unpaired) electrons. The topological polar surface area (TPSA) is 50.8 Å². The molecule has 4 bridgehead atoms. The van der Waals surface area contributed by atoms with E-state index in [1.54, 1.807) is 30.9 Å². The van der Waals surface area contributed by atoms with Crippen LogP contribution in [0.15, 0.2) is 96.6 Å². The Labute approximate surface area is 367 Å². The van der Waals surface area contributed by atoms with Crippen LogP contribution in [0, 0.1) is 17.9 Å². The number of allylic oxidation sites excluding steroid dienone is 5. The van der Waals surface area contributed by atoms with Gasteiger partial charge in [-0.2, -0.15) is 0 Å². The lowest BCUT2D eigenvalue weighted by Gasteiger charge is -2.52. The molecule has 8 rings (SSSR count). The molecule has 1 N–H and O–H groups in total. The van der Waals surface area contributed by atoms with E-state index in [9.17, 15) is 0 Å². The highest BCUT2D eigenvalue weighted by Gasteiger charge is 2.48. The number of hydrogen-bond acceptors (Lipinski definition) is 5. The average Bonchev–Trinajstić information content (AvgIpc) is 3.24. The molecule has 6 atom stereocenters. The molecule has 60 heavy (non-hydrogen) atoms. The highest BCUT2D eigenvalue weighted by Crippen LogP contribution is 2.50. The van der Waals surface area contributed by atoms with Crippen molar-refractivity contribution in [1.82, 2.24) is 10.2 Å². The molecule has 5 aliphatic carbocycles. The van der Waals surface area contributed by atoms with E-state index in [4.69, 9.17) is 14.3 Å². The zero-order valence-corrected chi connectivity index (χ0v) is 35.7. The van der Waals surface area contributed by atoms with Gasteiger partial charge in [0.2, 0.25) is 0 Å². The molecule has 0 aliphatic heterocycles. The maximum Gasteiger partial charge on any atom is 0.119 e. The first-order valence-corrected chi connectivity index (χ1v) is 21.9. The van der Waals surface area contributed by atoms with Crippen LogP contribution in [0.5, 0.6) is 11.5 Å². The molecule has 0 saturated heterocycles. The SMILES string of the molecule is C.C.C.C=O.COc1ccc2c(c1)[C@@]1(C)CCCCC[C@@H](C2)[C@@H]1N(C)CCc1ccccc1.COc1ccc2c(c1)[C@@]1(C)CCCCC[C@@H](C2)[C@@H]1NCCC1=CC=[C+]C=C1. The molecule has 0 unspecified atom stereocenters. The summed E-state index contributed by atoms with van der Waals surface area (Å²) < 4.78 is 11.2. The lowest BCUT2D eigenvalue weighted by Crippen LogP contribution is -2.56. The Hall–Kier alpha value is -4.02. The third-order valence-corrected chi connectivity index (χ3v) is 14.3. The normalized spacial score (nSPS) is 25.8. The molecule has 0 spiro atoms. The summed E-state index contributed by atoms with van der Waals surface area (Å²) in [6.45, 7) is 9.20. The summed E-state index contributed by atoms with van der Waals surface area (Å²) in [5.41, 5.74) is 9.40. The van der Waals surface area contributed by atoms with Gasteiger partial charge in [0.25, 0.3) is 0 Å². The maximum absolute atomic E-state index is 8.00. The van der Waals surface area contributed by atoms with Gasteiger partial charge in [-0.25, -0.2) is 0 Å². The van der Waals surface area contributed by atoms with Gasteiger partial charge in [0, 0.05) is 48.5 Å². The molecule has 3 aromatic rings. The summed E-state index contributed by atoms with van der Waals surface area (Å²) >= 11 is 0. The van der Waals surface area contributed by atoms with Crippen molar-refractivity contribution in [2.75, 3.05) is 34.4 Å². The standard InChI is InChI=1S/C26H35NO.C25H32NO.CH2O.3CH4/c1-26-16-9-5-8-12-22(18-21-13-14-23(28-3)19-24(21)26)25(26)27(2)17-15-20-10-6-4-7-11-20;1-25-15-8-4-7-11-21(17-20-12-13-22(27-2)18-23(20)25)24(25)26-16-14-19-9-5-3-6-10-19;1-2;;;/h4,6-7,10-11,13-14,19,22,25H,5,8-9,12,15-18H2,1-3H3;5-6,9-10,12-13,18,21,24,26H,4,7-8,11,14-17H2,1-2H3;1H2;3*1H4/q;+1;;;;/t22-,25-,26+;21-,24-,25+;;;;/m00..../s1. The summed E-state index contributed by atoms with van der Waals surface area (Å²) in [4.78, 5) is 10.7. The quantitative estimate of drug-likeness (QED) is 0.207. The molecule has 0 amide bonds. The van der Waals surface area contributed by atoms with Crippen molar-refractivity contribution in [1.29, 1.82) is 0 Å². The van der Waals surface area contributed by atoms with Crippen LogP contribution in [0.3, 0.4) is 0 Å². The van der Waals surface area contributed by atoms with E-state index in [0.29, 0.717) is 12.1 Å². The van der Waals surface area contributed by atoms with Crippen molar-refractivity contribution in [2.45, 2.75) is 149 Å². The number of ether oxygens (including phenoxy) is 2. The van der Waals surface area contributed by atoms with Crippen molar-refractivity contribution in [3.8, 4) is 11.5 Å². The number of methoxy groups -OCH3 is 2. The number of rotatable bonds is 10. The van der Waals surface area contributed by atoms with E-state index >= 15 is 0 Å². The molecule has 2 saturated carbocycles.